The van der Waals surface area contributed by atoms with Gasteiger partial charge in [-0.15, -0.1) is 0 Å². The zero-order valence-electron chi connectivity index (χ0n) is 12.4. The Morgan fingerprint density at radius 2 is 2.05 bits per heavy atom. The van der Waals surface area contributed by atoms with Gasteiger partial charge in [0.1, 0.15) is 0 Å². The molecule has 0 aliphatic heterocycles. The van der Waals surface area contributed by atoms with E-state index in [0.29, 0.717) is 30.9 Å². The Labute approximate surface area is 129 Å². The molecule has 3 atom stereocenters. The van der Waals surface area contributed by atoms with Gasteiger partial charge in [-0.05, 0) is 26.2 Å². The second kappa shape index (κ2) is 7.42. The van der Waals surface area contributed by atoms with Crippen LogP contribution in [0.3, 0.4) is 0 Å². The largest absolute Gasteiger partial charge is 0.393 e. The summed E-state index contributed by atoms with van der Waals surface area (Å²) < 4.78 is 38.5. The summed E-state index contributed by atoms with van der Waals surface area (Å²) in [7, 11) is 0. The van der Waals surface area contributed by atoms with Crippen LogP contribution in [0, 0.1) is 17.8 Å². The molecule has 1 aliphatic carbocycles. The van der Waals surface area contributed by atoms with E-state index in [0.717, 1.165) is 0 Å². The predicted octanol–water partition coefficient (Wildman–Crippen LogP) is 3.13. The van der Waals surface area contributed by atoms with E-state index in [1.807, 2.05) is 13.8 Å². The van der Waals surface area contributed by atoms with Crippen molar-refractivity contribution in [3.8, 4) is 0 Å². The fourth-order valence-corrected chi connectivity index (χ4v) is 2.84. The Morgan fingerprint density at radius 3 is 2.52 bits per heavy atom. The molecule has 21 heavy (non-hydrogen) atoms. The topological polar surface area (TPSA) is 46.3 Å². The maximum absolute atomic E-state index is 12.8. The van der Waals surface area contributed by atoms with Crippen molar-refractivity contribution in [2.24, 2.45) is 23.5 Å². The first-order chi connectivity index (χ1) is 9.66. The van der Waals surface area contributed by atoms with Crippen molar-refractivity contribution in [2.45, 2.75) is 45.7 Å². The smallest absolute Gasteiger partial charge is 0.391 e. The standard InChI is InChI=1S/C14H23F3N2OS/c1-3-19(8-9(2)12(18)21)13(20)10-5-4-6-11(7-10)14(15,16)17/h9-11H,3-8H2,1-2H3,(H2,18,21). The van der Waals surface area contributed by atoms with Crippen LogP contribution in [0.4, 0.5) is 13.2 Å². The molecule has 2 N–H and O–H groups in total. The van der Waals surface area contributed by atoms with Crippen LogP contribution >= 0.6 is 12.2 Å². The first-order valence-corrected chi connectivity index (χ1v) is 7.72. The molecule has 0 spiro atoms. The van der Waals surface area contributed by atoms with Gasteiger partial charge in [-0.2, -0.15) is 13.2 Å². The first-order valence-electron chi connectivity index (χ1n) is 7.31. The number of hydrogen-bond donors (Lipinski definition) is 1. The predicted molar refractivity (Wildman–Crippen MR) is 79.7 cm³/mol. The lowest BCUT2D eigenvalue weighted by Crippen LogP contribution is -2.43. The molecule has 3 unspecified atom stereocenters. The molecule has 0 saturated heterocycles. The average molecular weight is 324 g/mol. The number of hydrogen-bond acceptors (Lipinski definition) is 2. The number of carbonyl (C=O) groups is 1. The normalized spacial score (nSPS) is 24.4. The third-order valence-corrected chi connectivity index (χ3v) is 4.56. The van der Waals surface area contributed by atoms with Crippen molar-refractivity contribution >= 4 is 23.1 Å². The highest BCUT2D eigenvalue weighted by molar-refractivity contribution is 7.80. The van der Waals surface area contributed by atoms with Crippen LogP contribution in [0.25, 0.3) is 0 Å². The molecule has 0 radical (unpaired) electrons. The van der Waals surface area contributed by atoms with Crippen LogP contribution < -0.4 is 5.73 Å². The van der Waals surface area contributed by atoms with Crippen molar-refractivity contribution in [1.29, 1.82) is 0 Å². The van der Waals surface area contributed by atoms with Crippen LogP contribution in [0.2, 0.25) is 0 Å². The van der Waals surface area contributed by atoms with Crippen LogP contribution in [0.5, 0.6) is 0 Å². The van der Waals surface area contributed by atoms with Crippen LogP contribution in [0.15, 0.2) is 0 Å². The number of amides is 1. The van der Waals surface area contributed by atoms with E-state index in [4.69, 9.17) is 18.0 Å². The molecule has 1 amide bonds. The van der Waals surface area contributed by atoms with Gasteiger partial charge in [0.25, 0.3) is 0 Å². The highest BCUT2D eigenvalue weighted by Gasteiger charge is 2.44. The lowest BCUT2D eigenvalue weighted by Gasteiger charge is -2.34. The van der Waals surface area contributed by atoms with E-state index < -0.39 is 18.0 Å². The molecular formula is C14H23F3N2OS. The Morgan fingerprint density at radius 1 is 1.43 bits per heavy atom. The van der Waals surface area contributed by atoms with E-state index in [1.54, 1.807) is 4.90 Å². The summed E-state index contributed by atoms with van der Waals surface area (Å²) >= 11 is 4.89. The second-order valence-corrected chi connectivity index (χ2v) is 6.25. The Kier molecular flexibility index (Phi) is 6.43. The average Bonchev–Trinajstić information content (AvgIpc) is 2.42. The molecule has 1 fully saturated rings. The van der Waals surface area contributed by atoms with Gasteiger partial charge in [0, 0.05) is 24.9 Å². The Bertz CT molecular complexity index is 387. The summed E-state index contributed by atoms with van der Waals surface area (Å²) in [6.07, 6.45) is -3.20. The molecular weight excluding hydrogens is 301 g/mol. The van der Waals surface area contributed by atoms with Crippen LogP contribution in [-0.2, 0) is 4.79 Å². The molecule has 1 rings (SSSR count). The summed E-state index contributed by atoms with van der Waals surface area (Å²) in [6.45, 7) is 4.46. The third kappa shape index (κ3) is 5.13. The second-order valence-electron chi connectivity index (χ2n) is 5.78. The van der Waals surface area contributed by atoms with E-state index in [2.05, 4.69) is 0 Å². The minimum Gasteiger partial charge on any atom is -0.393 e. The van der Waals surface area contributed by atoms with Gasteiger partial charge in [-0.25, -0.2) is 0 Å². The van der Waals surface area contributed by atoms with Gasteiger partial charge in [0.15, 0.2) is 0 Å². The van der Waals surface area contributed by atoms with Gasteiger partial charge < -0.3 is 10.6 Å². The number of nitrogens with two attached hydrogens (primary N) is 1. The number of nitrogens with zero attached hydrogens (tertiary/aromatic N) is 1. The Hall–Kier alpha value is -0.850. The first kappa shape index (κ1) is 18.2. The number of halogens is 3. The van der Waals surface area contributed by atoms with Gasteiger partial charge in [0.2, 0.25) is 5.91 Å². The van der Waals surface area contributed by atoms with E-state index in [1.165, 1.54) is 0 Å². The van der Waals surface area contributed by atoms with Crippen molar-refractivity contribution in [3.63, 3.8) is 0 Å². The van der Waals surface area contributed by atoms with Gasteiger partial charge in [-0.1, -0.05) is 25.6 Å². The lowest BCUT2D eigenvalue weighted by molar-refractivity contribution is -0.187. The molecule has 7 heteroatoms. The lowest BCUT2D eigenvalue weighted by atomic mass is 9.80. The van der Waals surface area contributed by atoms with E-state index >= 15 is 0 Å². The van der Waals surface area contributed by atoms with Crippen LogP contribution in [-0.4, -0.2) is 35.1 Å². The van der Waals surface area contributed by atoms with Crippen molar-refractivity contribution in [1.82, 2.24) is 4.90 Å². The van der Waals surface area contributed by atoms with E-state index in [9.17, 15) is 18.0 Å². The summed E-state index contributed by atoms with van der Waals surface area (Å²) in [6, 6.07) is 0. The van der Waals surface area contributed by atoms with Gasteiger partial charge in [-0.3, -0.25) is 4.79 Å². The zero-order chi connectivity index (χ0) is 16.2. The minimum absolute atomic E-state index is 0.0969. The molecule has 0 aromatic rings. The number of alkyl halides is 3. The zero-order valence-corrected chi connectivity index (χ0v) is 13.3. The fraction of sp³-hybridized carbons (Fsp3) is 0.857. The molecule has 1 aliphatic rings. The van der Waals surface area contributed by atoms with E-state index in [-0.39, 0.29) is 24.7 Å². The van der Waals surface area contributed by atoms with Gasteiger partial charge >= 0.3 is 6.18 Å². The molecule has 0 aromatic carbocycles. The molecule has 3 nitrogen and oxygen atoms in total. The van der Waals surface area contributed by atoms with Crippen molar-refractivity contribution in [2.75, 3.05) is 13.1 Å². The summed E-state index contributed by atoms with van der Waals surface area (Å²) in [5, 5.41) is 0. The molecule has 0 aromatic heterocycles. The Balaban J connectivity index is 2.69. The summed E-state index contributed by atoms with van der Waals surface area (Å²) in [5.41, 5.74) is 5.54. The summed E-state index contributed by atoms with van der Waals surface area (Å²) in [5.74, 6) is -2.23. The molecule has 0 bridgehead atoms. The highest BCUT2D eigenvalue weighted by atomic mass is 32.1. The maximum Gasteiger partial charge on any atom is 0.391 e. The molecule has 0 heterocycles. The summed E-state index contributed by atoms with van der Waals surface area (Å²) in [4.78, 5) is 14.3. The monoisotopic (exact) mass is 324 g/mol. The van der Waals surface area contributed by atoms with Crippen molar-refractivity contribution < 1.29 is 18.0 Å². The van der Waals surface area contributed by atoms with Crippen LogP contribution in [0.1, 0.15) is 39.5 Å². The van der Waals surface area contributed by atoms with Gasteiger partial charge in [0.05, 0.1) is 10.9 Å². The molecule has 122 valence electrons. The van der Waals surface area contributed by atoms with Crippen molar-refractivity contribution in [3.05, 3.63) is 0 Å². The number of carbonyl (C=O) groups excluding carboxylic acids is 1. The minimum atomic E-state index is -4.21. The SMILES string of the molecule is CCN(CC(C)C(N)=S)C(=O)C1CCCC(C(F)(F)F)C1. The molecule has 1 saturated carbocycles. The highest BCUT2D eigenvalue weighted by Crippen LogP contribution is 2.40. The third-order valence-electron chi connectivity index (χ3n) is 4.16. The fourth-order valence-electron chi connectivity index (χ4n) is 2.77. The number of rotatable bonds is 5. The number of thiocarbonyl (C=S) groups is 1. The maximum atomic E-state index is 12.8. The quantitative estimate of drug-likeness (QED) is 0.790.